The first-order valence-electron chi connectivity index (χ1n) is 7.84. The van der Waals surface area contributed by atoms with Crippen molar-refractivity contribution in [1.82, 2.24) is 15.2 Å². The van der Waals surface area contributed by atoms with E-state index in [1.807, 2.05) is 22.2 Å². The van der Waals surface area contributed by atoms with Gasteiger partial charge < -0.3 is 5.32 Å². The van der Waals surface area contributed by atoms with E-state index in [9.17, 15) is 9.59 Å². The van der Waals surface area contributed by atoms with Crippen molar-refractivity contribution in [1.29, 1.82) is 0 Å². The van der Waals surface area contributed by atoms with Crippen LogP contribution in [0.3, 0.4) is 0 Å². The summed E-state index contributed by atoms with van der Waals surface area (Å²) in [6.45, 7) is 1.85. The summed E-state index contributed by atoms with van der Waals surface area (Å²) in [5, 5.41) is 10.1. The molecule has 26 heavy (non-hydrogen) atoms. The fourth-order valence-corrected chi connectivity index (χ4v) is 4.53. The highest BCUT2D eigenvalue weighted by molar-refractivity contribution is 7.14. The van der Waals surface area contributed by atoms with Crippen LogP contribution in [0.15, 0.2) is 46.5 Å². The lowest BCUT2D eigenvalue weighted by Gasteiger charge is -2.22. The second kappa shape index (κ2) is 6.50. The van der Waals surface area contributed by atoms with Crippen molar-refractivity contribution < 1.29 is 9.59 Å². The number of thiophene rings is 1. The minimum absolute atomic E-state index is 0.147. The summed E-state index contributed by atoms with van der Waals surface area (Å²) in [4.78, 5) is 31.1. The average Bonchev–Trinajstić information content (AvgIpc) is 3.34. The largest absolute Gasteiger partial charge is 0.325 e. The molecule has 1 atom stereocenters. The number of aromatic nitrogens is 1. The van der Waals surface area contributed by atoms with Gasteiger partial charge in [-0.2, -0.15) is 11.3 Å². The molecule has 0 aliphatic carbocycles. The number of nitrogens with zero attached hydrogens (tertiary/aromatic N) is 2. The molecule has 2 aromatic heterocycles. The van der Waals surface area contributed by atoms with Crippen molar-refractivity contribution in [2.75, 3.05) is 0 Å². The van der Waals surface area contributed by atoms with Crippen LogP contribution in [-0.4, -0.2) is 21.8 Å². The van der Waals surface area contributed by atoms with Gasteiger partial charge in [0.2, 0.25) is 0 Å². The Morgan fingerprint density at radius 3 is 2.65 bits per heavy atom. The smallest absolute Gasteiger partial charge is 0.319 e. The van der Waals surface area contributed by atoms with Crippen LogP contribution in [0.5, 0.6) is 0 Å². The Balaban J connectivity index is 1.57. The number of urea groups is 1. The molecule has 0 bridgehead atoms. The zero-order valence-electron chi connectivity index (χ0n) is 13.7. The van der Waals surface area contributed by atoms with E-state index in [1.54, 1.807) is 42.5 Å². The van der Waals surface area contributed by atoms with Crippen molar-refractivity contribution in [3.63, 3.8) is 0 Å². The van der Waals surface area contributed by atoms with Gasteiger partial charge >= 0.3 is 6.03 Å². The number of carbonyl (C=O) groups is 2. The summed E-state index contributed by atoms with van der Waals surface area (Å²) in [7, 11) is 0. The lowest BCUT2D eigenvalue weighted by molar-refractivity contribution is -0.131. The van der Waals surface area contributed by atoms with E-state index in [0.717, 1.165) is 10.6 Å². The molecule has 0 spiro atoms. The highest BCUT2D eigenvalue weighted by atomic mass is 35.5. The Morgan fingerprint density at radius 2 is 1.96 bits per heavy atom. The molecule has 5 nitrogen and oxygen atoms in total. The van der Waals surface area contributed by atoms with Gasteiger partial charge in [-0.1, -0.05) is 23.7 Å². The van der Waals surface area contributed by atoms with E-state index in [0.29, 0.717) is 16.3 Å². The third-order valence-electron chi connectivity index (χ3n) is 4.34. The lowest BCUT2D eigenvalue weighted by atomic mass is 9.92. The summed E-state index contributed by atoms with van der Waals surface area (Å²) >= 11 is 9.03. The van der Waals surface area contributed by atoms with E-state index in [1.165, 1.54) is 16.2 Å². The maximum absolute atomic E-state index is 12.9. The van der Waals surface area contributed by atoms with E-state index in [4.69, 9.17) is 11.6 Å². The molecule has 3 heterocycles. The van der Waals surface area contributed by atoms with Crippen molar-refractivity contribution in [2.45, 2.75) is 19.0 Å². The Bertz CT molecular complexity index is 969. The maximum Gasteiger partial charge on any atom is 0.325 e. The van der Waals surface area contributed by atoms with Crippen LogP contribution in [0.25, 0.3) is 10.6 Å². The zero-order chi connectivity index (χ0) is 18.3. The Hall–Kier alpha value is -2.22. The number of carbonyl (C=O) groups excluding carboxylic acids is 2. The molecule has 1 saturated heterocycles. The van der Waals surface area contributed by atoms with Crippen LogP contribution in [0.4, 0.5) is 4.79 Å². The van der Waals surface area contributed by atoms with Gasteiger partial charge in [-0.05, 0) is 36.1 Å². The summed E-state index contributed by atoms with van der Waals surface area (Å²) in [5.74, 6) is -0.296. The second-order valence-electron chi connectivity index (χ2n) is 6.11. The molecule has 132 valence electrons. The molecule has 1 fully saturated rings. The Kier molecular flexibility index (Phi) is 4.30. The molecule has 8 heteroatoms. The first kappa shape index (κ1) is 17.2. The quantitative estimate of drug-likeness (QED) is 0.652. The molecule has 3 aromatic rings. The number of thiazole rings is 1. The average molecular weight is 404 g/mol. The van der Waals surface area contributed by atoms with Crippen molar-refractivity contribution in [3.8, 4) is 10.6 Å². The standard InChI is InChI=1S/C18H14ClN3O2S2/c1-18(12-2-4-13(19)5-3-12)16(23)22(17(24)21-18)8-14-10-26-15(20-14)11-6-7-25-9-11/h2-7,9-10H,8H2,1H3,(H,21,24). The first-order valence-corrected chi connectivity index (χ1v) is 10.0. The number of nitrogens with one attached hydrogen (secondary N) is 1. The van der Waals surface area contributed by atoms with Crippen molar-refractivity contribution >= 4 is 46.2 Å². The van der Waals surface area contributed by atoms with Crippen LogP contribution in [0.1, 0.15) is 18.2 Å². The van der Waals surface area contributed by atoms with Gasteiger partial charge in [0.05, 0.1) is 12.2 Å². The SMILES string of the molecule is CC1(c2ccc(Cl)cc2)NC(=O)N(Cc2csc(-c3ccsc3)n2)C1=O. The van der Waals surface area contributed by atoms with Crippen LogP contribution in [0, 0.1) is 0 Å². The van der Waals surface area contributed by atoms with Crippen molar-refractivity contribution in [2.24, 2.45) is 0 Å². The molecule has 1 aromatic carbocycles. The monoisotopic (exact) mass is 403 g/mol. The fraction of sp³-hybridized carbons (Fsp3) is 0.167. The van der Waals surface area contributed by atoms with E-state index < -0.39 is 11.6 Å². The normalized spacial score (nSPS) is 19.8. The molecule has 1 N–H and O–H groups in total. The molecular formula is C18H14ClN3O2S2. The summed E-state index contributed by atoms with van der Waals surface area (Å²) < 4.78 is 0. The van der Waals surface area contributed by atoms with Crippen LogP contribution >= 0.6 is 34.3 Å². The van der Waals surface area contributed by atoms with Crippen molar-refractivity contribution in [3.05, 3.63) is 62.8 Å². The second-order valence-corrected chi connectivity index (χ2v) is 8.18. The first-order chi connectivity index (χ1) is 12.5. The highest BCUT2D eigenvalue weighted by Crippen LogP contribution is 2.31. The number of benzene rings is 1. The van der Waals surface area contributed by atoms with Gasteiger partial charge in [-0.15, -0.1) is 11.3 Å². The molecule has 1 aliphatic rings. The Labute approximate surface area is 163 Å². The molecule has 0 saturated carbocycles. The number of amides is 3. The van der Waals surface area contributed by atoms with E-state index in [2.05, 4.69) is 10.3 Å². The lowest BCUT2D eigenvalue weighted by Crippen LogP contribution is -2.40. The summed E-state index contributed by atoms with van der Waals surface area (Å²) in [6.07, 6.45) is 0. The summed E-state index contributed by atoms with van der Waals surface area (Å²) in [6, 6.07) is 8.49. The number of imide groups is 1. The highest BCUT2D eigenvalue weighted by Gasteiger charge is 2.49. The molecule has 1 unspecified atom stereocenters. The minimum atomic E-state index is -1.10. The van der Waals surface area contributed by atoms with Crippen LogP contribution in [0.2, 0.25) is 5.02 Å². The topological polar surface area (TPSA) is 62.3 Å². The summed E-state index contributed by atoms with van der Waals surface area (Å²) in [5.41, 5.74) is 1.34. The van der Waals surface area contributed by atoms with Gasteiger partial charge in [0.1, 0.15) is 10.5 Å². The molecule has 3 amide bonds. The maximum atomic E-state index is 12.9. The fourth-order valence-electron chi connectivity index (χ4n) is 2.88. The molecule has 4 rings (SSSR count). The molecule has 0 radical (unpaired) electrons. The van der Waals surface area contributed by atoms with Gasteiger partial charge in [-0.3, -0.25) is 9.69 Å². The number of hydrogen-bond acceptors (Lipinski definition) is 5. The van der Waals surface area contributed by atoms with Crippen LogP contribution < -0.4 is 5.32 Å². The van der Waals surface area contributed by atoms with E-state index in [-0.39, 0.29) is 12.5 Å². The number of rotatable bonds is 4. The number of halogens is 1. The predicted octanol–water partition coefficient (Wildman–Crippen LogP) is 4.49. The number of hydrogen-bond donors (Lipinski definition) is 1. The third kappa shape index (κ3) is 2.92. The van der Waals surface area contributed by atoms with Gasteiger partial charge in [0.15, 0.2) is 0 Å². The Morgan fingerprint density at radius 1 is 1.19 bits per heavy atom. The zero-order valence-corrected chi connectivity index (χ0v) is 16.1. The van der Waals surface area contributed by atoms with Gasteiger partial charge in [0, 0.05) is 21.3 Å². The molecular weight excluding hydrogens is 390 g/mol. The van der Waals surface area contributed by atoms with Gasteiger partial charge in [-0.25, -0.2) is 9.78 Å². The van der Waals surface area contributed by atoms with Crippen LogP contribution in [-0.2, 0) is 16.9 Å². The predicted molar refractivity (Wildman–Crippen MR) is 103 cm³/mol. The van der Waals surface area contributed by atoms with E-state index >= 15 is 0 Å². The minimum Gasteiger partial charge on any atom is -0.319 e. The third-order valence-corrected chi connectivity index (χ3v) is 6.21. The van der Waals surface area contributed by atoms with Gasteiger partial charge in [0.25, 0.3) is 5.91 Å². The molecule has 1 aliphatic heterocycles.